The molecule has 0 atom stereocenters. The molecule has 1 heterocycles. The second-order valence-electron chi connectivity index (χ2n) is 2.72. The maximum absolute atomic E-state index is 10.6. The molecule has 0 unspecified atom stereocenters. The summed E-state index contributed by atoms with van der Waals surface area (Å²) in [5.74, 6) is 2.91. The molecule has 1 aromatic rings. The van der Waals surface area contributed by atoms with E-state index in [1.54, 1.807) is 0 Å². The SMILES string of the molecule is CN(c1c([N+](=O)[O-])nn(N)c1[N+](=O)[O-])[N+](=O)[O-]. The molecule has 0 saturated heterocycles. The largest absolute Gasteiger partial charge is 0.453 e. The number of nitro groups is 3. The lowest BCUT2D eigenvalue weighted by Gasteiger charge is -2.03. The molecule has 0 aliphatic carbocycles. The topological polar surface area (TPSA) is 176 Å². The van der Waals surface area contributed by atoms with Gasteiger partial charge in [-0.3, -0.25) is 0 Å². The molecular weight excluding hydrogens is 242 g/mol. The van der Waals surface area contributed by atoms with Gasteiger partial charge < -0.3 is 20.2 Å². The number of hydrogen-bond acceptors (Lipinski definition) is 8. The first-order valence-electron chi connectivity index (χ1n) is 3.82. The Balaban J connectivity index is 3.56. The first-order chi connectivity index (χ1) is 7.77. The minimum atomic E-state index is -1.11. The van der Waals surface area contributed by atoms with E-state index in [-0.39, 0.29) is 9.80 Å². The van der Waals surface area contributed by atoms with Crippen LogP contribution < -0.4 is 10.9 Å². The molecule has 0 fully saturated rings. The Morgan fingerprint density at radius 2 is 1.76 bits per heavy atom. The zero-order valence-electron chi connectivity index (χ0n) is 8.21. The normalized spacial score (nSPS) is 9.94. The van der Waals surface area contributed by atoms with E-state index in [9.17, 15) is 30.3 Å². The van der Waals surface area contributed by atoms with Gasteiger partial charge in [0.1, 0.15) is 0 Å². The molecule has 0 bridgehead atoms. The summed E-state index contributed by atoms with van der Waals surface area (Å²) in [6, 6.07) is 0. The molecular formula is C4H5N7O6. The van der Waals surface area contributed by atoms with E-state index >= 15 is 0 Å². The molecule has 0 radical (unpaired) electrons. The van der Waals surface area contributed by atoms with Crippen LogP contribution in [0.25, 0.3) is 0 Å². The molecule has 0 aromatic carbocycles. The van der Waals surface area contributed by atoms with Crippen molar-refractivity contribution in [1.29, 1.82) is 0 Å². The van der Waals surface area contributed by atoms with Gasteiger partial charge >= 0.3 is 17.3 Å². The van der Waals surface area contributed by atoms with E-state index in [0.29, 0.717) is 0 Å². The van der Waals surface area contributed by atoms with Gasteiger partial charge in [-0.25, -0.2) is 16.0 Å². The molecule has 0 spiro atoms. The summed E-state index contributed by atoms with van der Waals surface area (Å²) in [5.41, 5.74) is -0.896. The van der Waals surface area contributed by atoms with Gasteiger partial charge in [-0.1, -0.05) is 5.01 Å². The lowest BCUT2D eigenvalue weighted by molar-refractivity contribution is -0.493. The fraction of sp³-hybridized carbons (Fsp3) is 0.250. The fourth-order valence-electron chi connectivity index (χ4n) is 1.07. The third-order valence-corrected chi connectivity index (χ3v) is 1.76. The Kier molecular flexibility index (Phi) is 2.75. The van der Waals surface area contributed by atoms with Gasteiger partial charge in [0.2, 0.25) is 0 Å². The van der Waals surface area contributed by atoms with Crippen LogP contribution in [-0.4, -0.2) is 31.8 Å². The molecule has 0 aliphatic heterocycles. The average Bonchev–Trinajstić information content (AvgIpc) is 2.54. The second kappa shape index (κ2) is 3.87. The molecule has 0 saturated carbocycles. The van der Waals surface area contributed by atoms with E-state index < -0.39 is 32.2 Å². The van der Waals surface area contributed by atoms with Crippen LogP contribution in [0.15, 0.2) is 0 Å². The molecule has 0 aliphatic rings. The third-order valence-electron chi connectivity index (χ3n) is 1.76. The molecule has 2 N–H and O–H groups in total. The number of hydrogen-bond donors (Lipinski definition) is 1. The maximum atomic E-state index is 10.6. The molecule has 13 heteroatoms. The van der Waals surface area contributed by atoms with Crippen molar-refractivity contribution in [3.05, 3.63) is 30.3 Å². The number of anilines is 1. The number of hydrazine groups is 1. The van der Waals surface area contributed by atoms with Gasteiger partial charge in [0.15, 0.2) is 10.1 Å². The first kappa shape index (κ1) is 12.1. The Bertz CT molecular complexity index is 507. The van der Waals surface area contributed by atoms with Crippen LogP contribution in [0.5, 0.6) is 0 Å². The Morgan fingerprint density at radius 1 is 1.24 bits per heavy atom. The highest BCUT2D eigenvalue weighted by atomic mass is 16.7. The Morgan fingerprint density at radius 3 is 2.12 bits per heavy atom. The summed E-state index contributed by atoms with van der Waals surface area (Å²) in [7, 11) is 0.803. The van der Waals surface area contributed by atoms with Gasteiger partial charge in [-0.15, -0.1) is 0 Å². The number of nitrogens with two attached hydrogens (primary N) is 1. The summed E-state index contributed by atoms with van der Waals surface area (Å²) in [6.07, 6.45) is 0. The molecule has 13 nitrogen and oxygen atoms in total. The lowest BCUT2D eigenvalue weighted by atomic mass is 10.4. The van der Waals surface area contributed by atoms with Crippen molar-refractivity contribution in [2.45, 2.75) is 0 Å². The fourth-order valence-corrected chi connectivity index (χ4v) is 1.07. The molecule has 17 heavy (non-hydrogen) atoms. The summed E-state index contributed by atoms with van der Waals surface area (Å²) in [5, 5.41) is 33.7. The highest BCUT2D eigenvalue weighted by Gasteiger charge is 2.43. The van der Waals surface area contributed by atoms with Crippen molar-refractivity contribution in [1.82, 2.24) is 9.89 Å². The molecule has 0 amide bonds. The number of nitrogens with zero attached hydrogens (tertiary/aromatic N) is 6. The number of rotatable bonds is 4. The van der Waals surface area contributed by atoms with Crippen LogP contribution in [0.2, 0.25) is 0 Å². The standard InChI is InChI=1S/C4H5N7O6/c1-7(11(16)17)2-3(9(12)13)6-8(5)4(2)10(14)15/h5H2,1H3. The zero-order valence-corrected chi connectivity index (χ0v) is 8.21. The lowest BCUT2D eigenvalue weighted by Crippen LogP contribution is -2.26. The molecule has 1 aromatic heterocycles. The zero-order chi connectivity index (χ0) is 13.3. The van der Waals surface area contributed by atoms with Crippen LogP contribution in [0.1, 0.15) is 0 Å². The van der Waals surface area contributed by atoms with E-state index in [4.69, 9.17) is 5.84 Å². The van der Waals surface area contributed by atoms with Crippen molar-refractivity contribution >= 4 is 17.3 Å². The van der Waals surface area contributed by atoms with Gasteiger partial charge in [0.25, 0.3) is 0 Å². The highest BCUT2D eigenvalue weighted by Crippen LogP contribution is 2.35. The average molecular weight is 247 g/mol. The smallest absolute Gasteiger partial charge is 0.358 e. The van der Waals surface area contributed by atoms with Crippen molar-refractivity contribution in [3.63, 3.8) is 0 Å². The Labute approximate surface area is 91.4 Å². The quantitative estimate of drug-likeness (QED) is 0.398. The number of aromatic nitrogens is 2. The molecule has 1 rings (SSSR count). The van der Waals surface area contributed by atoms with Gasteiger partial charge in [-0.05, 0) is 9.85 Å². The van der Waals surface area contributed by atoms with E-state index in [2.05, 4.69) is 5.10 Å². The maximum Gasteiger partial charge on any atom is 0.453 e. The first-order valence-corrected chi connectivity index (χ1v) is 3.82. The van der Waals surface area contributed by atoms with E-state index in [1.807, 2.05) is 0 Å². The van der Waals surface area contributed by atoms with Crippen LogP contribution in [0.3, 0.4) is 0 Å². The summed E-state index contributed by atoms with van der Waals surface area (Å²) >= 11 is 0. The predicted octanol–water partition coefficient (Wildman–Crippen LogP) is -0.959. The minimum Gasteiger partial charge on any atom is -0.358 e. The van der Waals surface area contributed by atoms with Crippen molar-refractivity contribution in [2.75, 3.05) is 17.9 Å². The van der Waals surface area contributed by atoms with Crippen LogP contribution >= 0.6 is 0 Å². The van der Waals surface area contributed by atoms with Crippen molar-refractivity contribution < 1.29 is 14.9 Å². The van der Waals surface area contributed by atoms with Crippen LogP contribution in [-0.2, 0) is 0 Å². The summed E-state index contributed by atoms with van der Waals surface area (Å²) in [6.45, 7) is 0. The minimum absolute atomic E-state index is 0.104. The van der Waals surface area contributed by atoms with E-state index in [1.165, 1.54) is 0 Å². The van der Waals surface area contributed by atoms with Gasteiger partial charge in [0.05, 0.1) is 11.8 Å². The number of nitrogen functional groups attached to an aromatic ring is 1. The Hall–Kier alpha value is -2.99. The van der Waals surface area contributed by atoms with Gasteiger partial charge in [0, 0.05) is 0 Å². The summed E-state index contributed by atoms with van der Waals surface area (Å²) in [4.78, 5) is 29.5. The predicted molar refractivity (Wildman–Crippen MR) is 51.1 cm³/mol. The van der Waals surface area contributed by atoms with Crippen LogP contribution in [0, 0.1) is 30.3 Å². The van der Waals surface area contributed by atoms with E-state index in [0.717, 1.165) is 7.05 Å². The van der Waals surface area contributed by atoms with Crippen molar-refractivity contribution in [3.8, 4) is 0 Å². The summed E-state index contributed by atoms with van der Waals surface area (Å²) < 4.78 is 0. The third kappa shape index (κ3) is 1.87. The highest BCUT2D eigenvalue weighted by molar-refractivity contribution is 5.68. The monoisotopic (exact) mass is 247 g/mol. The second-order valence-corrected chi connectivity index (χ2v) is 2.72. The molecule has 92 valence electrons. The van der Waals surface area contributed by atoms with Gasteiger partial charge in [-0.2, -0.15) is 0 Å². The van der Waals surface area contributed by atoms with Crippen LogP contribution in [0.4, 0.5) is 17.3 Å². The van der Waals surface area contributed by atoms with Crippen molar-refractivity contribution in [2.24, 2.45) is 0 Å².